The Hall–Kier alpha value is -2.37. The molecule has 0 atom stereocenters. The Balaban J connectivity index is 2.44. The summed E-state index contributed by atoms with van der Waals surface area (Å²) >= 11 is 0. The van der Waals surface area contributed by atoms with Gasteiger partial charge in [-0.2, -0.15) is 0 Å². The van der Waals surface area contributed by atoms with Gasteiger partial charge in [0, 0.05) is 18.7 Å². The van der Waals surface area contributed by atoms with Crippen molar-refractivity contribution < 1.29 is 19.4 Å². The smallest absolute Gasteiger partial charge is 0.309 e. The van der Waals surface area contributed by atoms with Crippen LogP contribution in [0.4, 0.5) is 0 Å². The van der Waals surface area contributed by atoms with Crippen molar-refractivity contribution in [3.05, 3.63) is 53.1 Å². The molecule has 0 radical (unpaired) electrons. The maximum absolute atomic E-state index is 11.6. The highest BCUT2D eigenvalue weighted by molar-refractivity contribution is 5.77. The molecule has 0 aliphatic rings. The Bertz CT molecular complexity index is 728. The van der Waals surface area contributed by atoms with Crippen LogP contribution in [-0.4, -0.2) is 38.4 Å². The number of benzene rings is 2. The minimum absolute atomic E-state index is 0.0963. The van der Waals surface area contributed by atoms with Gasteiger partial charge in [-0.25, -0.2) is 0 Å². The van der Waals surface area contributed by atoms with Crippen LogP contribution in [0.1, 0.15) is 16.7 Å². The van der Waals surface area contributed by atoms with E-state index in [4.69, 9.17) is 14.6 Å². The molecule has 0 amide bonds. The molecule has 25 heavy (non-hydrogen) atoms. The van der Waals surface area contributed by atoms with E-state index >= 15 is 0 Å². The maximum Gasteiger partial charge on any atom is 0.309 e. The second-order valence-corrected chi connectivity index (χ2v) is 5.85. The number of hydrogen-bond donors (Lipinski definition) is 2. The molecule has 0 aliphatic carbocycles. The zero-order valence-electron chi connectivity index (χ0n) is 15.0. The van der Waals surface area contributed by atoms with Gasteiger partial charge in [-0.3, -0.25) is 4.79 Å². The summed E-state index contributed by atoms with van der Waals surface area (Å²) in [7, 11) is 3.02. The lowest BCUT2D eigenvalue weighted by molar-refractivity contribution is -0.139. The summed E-state index contributed by atoms with van der Waals surface area (Å²) < 4.78 is 10.3. The van der Waals surface area contributed by atoms with Gasteiger partial charge in [0.1, 0.15) is 5.75 Å². The summed E-state index contributed by atoms with van der Waals surface area (Å²) in [5.41, 5.74) is 5.12. The molecule has 2 aromatic carbocycles. The van der Waals surface area contributed by atoms with Gasteiger partial charge in [-0.15, -0.1) is 0 Å². The molecule has 0 aliphatic heterocycles. The number of rotatable bonds is 8. The van der Waals surface area contributed by atoms with Gasteiger partial charge in [0.05, 0.1) is 27.2 Å². The van der Waals surface area contributed by atoms with E-state index < -0.39 is 0 Å². The number of carbonyl (C=O) groups excluding carboxylic acids is 1. The molecule has 0 bridgehead atoms. The molecule has 0 saturated heterocycles. The van der Waals surface area contributed by atoms with E-state index in [-0.39, 0.29) is 19.0 Å². The largest absolute Gasteiger partial charge is 0.496 e. The van der Waals surface area contributed by atoms with Crippen LogP contribution in [0.15, 0.2) is 36.4 Å². The number of aliphatic hydroxyl groups excluding tert-OH is 1. The third kappa shape index (κ3) is 5.05. The second-order valence-electron chi connectivity index (χ2n) is 5.85. The van der Waals surface area contributed by atoms with Gasteiger partial charge in [0.25, 0.3) is 0 Å². The lowest BCUT2D eigenvalue weighted by Gasteiger charge is -2.16. The van der Waals surface area contributed by atoms with Crippen LogP contribution >= 0.6 is 0 Å². The van der Waals surface area contributed by atoms with Gasteiger partial charge in [0.15, 0.2) is 0 Å². The molecule has 0 saturated carbocycles. The highest BCUT2D eigenvalue weighted by Crippen LogP contribution is 2.34. The van der Waals surface area contributed by atoms with Crippen LogP contribution in [0.5, 0.6) is 5.75 Å². The van der Waals surface area contributed by atoms with E-state index in [0.29, 0.717) is 13.1 Å². The van der Waals surface area contributed by atoms with E-state index in [9.17, 15) is 4.79 Å². The Labute approximate surface area is 148 Å². The van der Waals surface area contributed by atoms with Gasteiger partial charge in [-0.1, -0.05) is 29.8 Å². The molecule has 0 fully saturated rings. The highest BCUT2D eigenvalue weighted by atomic mass is 16.5. The minimum Gasteiger partial charge on any atom is -0.496 e. The second kappa shape index (κ2) is 9.20. The van der Waals surface area contributed by atoms with Crippen LogP contribution < -0.4 is 10.1 Å². The number of aliphatic hydroxyl groups is 1. The zero-order chi connectivity index (χ0) is 18.2. The predicted molar refractivity (Wildman–Crippen MR) is 97.7 cm³/mol. The quantitative estimate of drug-likeness (QED) is 0.569. The zero-order valence-corrected chi connectivity index (χ0v) is 15.0. The third-order valence-corrected chi connectivity index (χ3v) is 3.99. The molecular formula is C20H25NO4. The summed E-state index contributed by atoms with van der Waals surface area (Å²) in [5.74, 6) is 0.478. The summed E-state index contributed by atoms with van der Waals surface area (Å²) in [5, 5.41) is 12.2. The molecule has 0 heterocycles. The first-order chi connectivity index (χ1) is 12.1. The molecule has 0 aromatic heterocycles. The van der Waals surface area contributed by atoms with Crippen molar-refractivity contribution in [2.45, 2.75) is 19.9 Å². The Morgan fingerprint density at radius 1 is 1.12 bits per heavy atom. The molecule has 5 nitrogen and oxygen atoms in total. The lowest BCUT2D eigenvalue weighted by atomic mass is 9.95. The van der Waals surface area contributed by atoms with Crippen molar-refractivity contribution in [3.8, 4) is 16.9 Å². The van der Waals surface area contributed by atoms with Crippen LogP contribution in [-0.2, 0) is 22.5 Å². The van der Waals surface area contributed by atoms with Crippen molar-refractivity contribution >= 4 is 5.97 Å². The van der Waals surface area contributed by atoms with Crippen LogP contribution in [0.3, 0.4) is 0 Å². The number of esters is 1. The average molecular weight is 343 g/mol. The van der Waals surface area contributed by atoms with E-state index in [2.05, 4.69) is 23.5 Å². The van der Waals surface area contributed by atoms with Crippen molar-refractivity contribution in [1.29, 1.82) is 0 Å². The number of ether oxygens (including phenoxy) is 2. The SMILES string of the molecule is COC(=O)Cc1ccc(OC)c(-c2ccc(C)cc2CNCCO)c1. The molecule has 134 valence electrons. The fraction of sp³-hybridized carbons (Fsp3) is 0.350. The Kier molecular flexibility index (Phi) is 6.98. The molecular weight excluding hydrogens is 318 g/mol. The lowest BCUT2D eigenvalue weighted by Crippen LogP contribution is -2.18. The predicted octanol–water partition coefficient (Wildman–Crippen LogP) is 2.47. The van der Waals surface area contributed by atoms with E-state index in [0.717, 1.165) is 33.6 Å². The van der Waals surface area contributed by atoms with Gasteiger partial charge >= 0.3 is 5.97 Å². The van der Waals surface area contributed by atoms with Crippen molar-refractivity contribution in [2.75, 3.05) is 27.4 Å². The van der Waals surface area contributed by atoms with Crippen molar-refractivity contribution in [1.82, 2.24) is 5.32 Å². The van der Waals surface area contributed by atoms with Crippen molar-refractivity contribution in [2.24, 2.45) is 0 Å². The molecule has 0 spiro atoms. The summed E-state index contributed by atoms with van der Waals surface area (Å²) in [6, 6.07) is 11.9. The minimum atomic E-state index is -0.273. The Morgan fingerprint density at radius 2 is 1.92 bits per heavy atom. The monoisotopic (exact) mass is 343 g/mol. The highest BCUT2D eigenvalue weighted by Gasteiger charge is 2.13. The normalized spacial score (nSPS) is 10.6. The van der Waals surface area contributed by atoms with Crippen LogP contribution in [0, 0.1) is 6.92 Å². The summed E-state index contributed by atoms with van der Waals surface area (Å²) in [6.07, 6.45) is 0.220. The van der Waals surface area contributed by atoms with Gasteiger partial charge < -0.3 is 19.9 Å². The van der Waals surface area contributed by atoms with Crippen LogP contribution in [0.2, 0.25) is 0 Å². The van der Waals surface area contributed by atoms with Gasteiger partial charge in [-0.05, 0) is 35.7 Å². The summed E-state index contributed by atoms with van der Waals surface area (Å²) in [4.78, 5) is 11.6. The standard InChI is InChI=1S/C20H25NO4/c1-14-4-6-17(16(10-14)13-21-8-9-22)18-11-15(12-20(23)25-3)5-7-19(18)24-2/h4-7,10-11,21-22H,8-9,12-13H2,1-3H3. The van der Waals surface area contributed by atoms with E-state index in [1.807, 2.05) is 25.1 Å². The van der Waals surface area contributed by atoms with Crippen molar-refractivity contribution in [3.63, 3.8) is 0 Å². The molecule has 0 unspecified atom stereocenters. The topological polar surface area (TPSA) is 67.8 Å². The van der Waals surface area contributed by atoms with Crippen LogP contribution in [0.25, 0.3) is 11.1 Å². The number of methoxy groups -OCH3 is 2. The van der Waals surface area contributed by atoms with E-state index in [1.54, 1.807) is 7.11 Å². The number of aryl methyl sites for hydroxylation is 1. The first kappa shape index (κ1) is 19.0. The first-order valence-electron chi connectivity index (χ1n) is 8.24. The number of hydrogen-bond acceptors (Lipinski definition) is 5. The molecule has 2 N–H and O–H groups in total. The number of nitrogens with one attached hydrogen (secondary N) is 1. The molecule has 2 rings (SSSR count). The fourth-order valence-electron chi connectivity index (χ4n) is 2.75. The average Bonchev–Trinajstić information content (AvgIpc) is 2.62. The first-order valence-corrected chi connectivity index (χ1v) is 8.24. The molecule has 2 aromatic rings. The Morgan fingerprint density at radius 3 is 2.60 bits per heavy atom. The number of carbonyl (C=O) groups is 1. The third-order valence-electron chi connectivity index (χ3n) is 3.99. The maximum atomic E-state index is 11.6. The summed E-state index contributed by atoms with van der Waals surface area (Å²) in [6.45, 7) is 3.32. The fourth-order valence-corrected chi connectivity index (χ4v) is 2.75. The molecule has 5 heteroatoms. The van der Waals surface area contributed by atoms with Gasteiger partial charge in [0.2, 0.25) is 0 Å². The van der Waals surface area contributed by atoms with E-state index in [1.165, 1.54) is 7.11 Å².